The molecule has 1 amide bonds. The average Bonchev–Trinajstić information content (AvgIpc) is 2.54. The van der Waals surface area contributed by atoms with Gasteiger partial charge in [0.05, 0.1) is 6.54 Å². The maximum absolute atomic E-state index is 12.9. The van der Waals surface area contributed by atoms with Gasteiger partial charge in [0.15, 0.2) is 0 Å². The largest absolute Gasteiger partial charge is 0.341 e. The van der Waals surface area contributed by atoms with Gasteiger partial charge in [-0.2, -0.15) is 0 Å². The van der Waals surface area contributed by atoms with Crippen LogP contribution in [0.15, 0.2) is 53.4 Å². The van der Waals surface area contributed by atoms with Gasteiger partial charge in [0.2, 0.25) is 0 Å². The van der Waals surface area contributed by atoms with E-state index in [0.717, 1.165) is 11.1 Å². The molecule has 1 N–H and O–H groups in total. The third kappa shape index (κ3) is 4.48. The van der Waals surface area contributed by atoms with Crippen LogP contribution in [0.5, 0.6) is 0 Å². The van der Waals surface area contributed by atoms with Crippen molar-refractivity contribution in [1.29, 1.82) is 0 Å². The molecule has 2 rings (SSSR count). The summed E-state index contributed by atoms with van der Waals surface area (Å²) < 4.78 is 12.9. The molecule has 0 aliphatic heterocycles. The van der Waals surface area contributed by atoms with E-state index in [-0.39, 0.29) is 12.5 Å². The number of hydrogen-bond acceptors (Lipinski definition) is 2. The molecule has 23 heavy (non-hydrogen) atoms. The van der Waals surface area contributed by atoms with Gasteiger partial charge in [-0.05, 0) is 42.6 Å². The normalized spacial score (nSPS) is 12.9. The van der Waals surface area contributed by atoms with Gasteiger partial charge in [-0.3, -0.25) is 9.00 Å². The van der Waals surface area contributed by atoms with Crippen LogP contribution in [0.4, 0.5) is 0 Å². The number of carbonyl (C=O) groups is 1. The van der Waals surface area contributed by atoms with Crippen molar-refractivity contribution < 1.29 is 9.00 Å². The molecule has 0 spiro atoms. The first kappa shape index (κ1) is 16.9. The van der Waals surface area contributed by atoms with Gasteiger partial charge in [-0.25, -0.2) is 0 Å². The molecule has 0 bridgehead atoms. The summed E-state index contributed by atoms with van der Waals surface area (Å²) in [6, 6.07) is 14.6. The highest BCUT2D eigenvalue weighted by atomic mass is 32.2. The number of amides is 1. The van der Waals surface area contributed by atoms with Crippen LogP contribution in [-0.4, -0.2) is 22.5 Å². The van der Waals surface area contributed by atoms with Gasteiger partial charge < -0.3 is 5.32 Å². The second-order valence-corrected chi connectivity index (χ2v) is 7.74. The lowest BCUT2D eigenvalue weighted by molar-refractivity contribution is 0.0958. The second-order valence-electron chi connectivity index (χ2n) is 5.35. The summed E-state index contributed by atoms with van der Waals surface area (Å²) in [5.74, 6) is 6.35. The fourth-order valence-corrected chi connectivity index (χ4v) is 3.65. The molecule has 0 heterocycles. The molecular formula is C19H19NO2S. The van der Waals surface area contributed by atoms with Crippen LogP contribution >= 0.6 is 0 Å². The lowest BCUT2D eigenvalue weighted by atomic mass is 10.2. The van der Waals surface area contributed by atoms with Crippen molar-refractivity contribution in [3.05, 3.63) is 65.2 Å². The van der Waals surface area contributed by atoms with Gasteiger partial charge in [-0.1, -0.05) is 35.7 Å². The Kier molecular flexibility index (Phi) is 5.25. The molecule has 118 valence electrons. The lowest BCUT2D eigenvalue weighted by Crippen LogP contribution is -2.23. The van der Waals surface area contributed by atoms with E-state index in [4.69, 9.17) is 6.42 Å². The zero-order valence-corrected chi connectivity index (χ0v) is 13.9. The van der Waals surface area contributed by atoms with Crippen molar-refractivity contribution in [3.63, 3.8) is 0 Å². The first-order chi connectivity index (χ1) is 10.9. The number of hydrogen-bond donors (Lipinski definition) is 1. The van der Waals surface area contributed by atoms with Crippen molar-refractivity contribution in [2.45, 2.75) is 17.6 Å². The van der Waals surface area contributed by atoms with E-state index in [1.54, 1.807) is 24.3 Å². The number of terminal acetylenes is 1. The Morgan fingerprint density at radius 2 is 1.78 bits per heavy atom. The van der Waals surface area contributed by atoms with E-state index in [0.29, 0.717) is 16.2 Å². The Bertz CT molecular complexity index is 826. The molecule has 2 aromatic carbocycles. The Balaban J connectivity index is 2.15. The molecule has 1 atom stereocenters. The Hall–Kier alpha value is -2.51. The lowest BCUT2D eigenvalue weighted by Gasteiger charge is -2.11. The molecule has 0 saturated heterocycles. The van der Waals surface area contributed by atoms with E-state index in [9.17, 15) is 9.00 Å². The van der Waals surface area contributed by atoms with E-state index in [1.165, 1.54) is 0 Å². The van der Waals surface area contributed by atoms with Crippen molar-refractivity contribution in [3.8, 4) is 12.3 Å². The minimum atomic E-state index is -2.45. The van der Waals surface area contributed by atoms with Crippen LogP contribution in [0.25, 0.3) is 0 Å². The van der Waals surface area contributed by atoms with Crippen molar-refractivity contribution in [2.24, 2.45) is 0 Å². The molecule has 1 unspecified atom stereocenters. The molecule has 2 aromatic rings. The second kappa shape index (κ2) is 7.17. The van der Waals surface area contributed by atoms with E-state index >= 15 is 0 Å². The maximum Gasteiger partial charge on any atom is 0.252 e. The Labute approximate surface area is 137 Å². The van der Waals surface area contributed by atoms with Crippen LogP contribution < -0.4 is 5.32 Å². The molecule has 0 aliphatic rings. The summed E-state index contributed by atoms with van der Waals surface area (Å²) in [6.45, 7) is 2.19. The highest BCUT2D eigenvalue weighted by molar-refractivity contribution is 7.99. The van der Waals surface area contributed by atoms with Crippen LogP contribution in [-0.2, 0) is 15.3 Å². The van der Waals surface area contributed by atoms with Gasteiger partial charge in [0, 0.05) is 25.7 Å². The van der Waals surface area contributed by atoms with Crippen LogP contribution in [0.1, 0.15) is 21.5 Å². The highest BCUT2D eigenvalue weighted by Crippen LogP contribution is 2.17. The topological polar surface area (TPSA) is 46.2 Å². The average molecular weight is 325 g/mol. The molecular weight excluding hydrogens is 306 g/mol. The smallest absolute Gasteiger partial charge is 0.252 e. The zero-order valence-electron chi connectivity index (χ0n) is 13.0. The van der Waals surface area contributed by atoms with Crippen molar-refractivity contribution in [2.75, 3.05) is 6.54 Å². The van der Waals surface area contributed by atoms with Crippen LogP contribution in [0, 0.1) is 19.3 Å². The van der Waals surface area contributed by atoms with Crippen molar-refractivity contribution >= 4 is 21.3 Å². The Morgan fingerprint density at radius 3 is 2.35 bits per heavy atom. The summed E-state index contributed by atoms with van der Waals surface area (Å²) in [6.07, 6.45) is 5.11. The number of carbonyl (C=O) groups excluding carboxylic acids is 1. The van der Waals surface area contributed by atoms with Gasteiger partial charge >= 0.3 is 0 Å². The SMILES string of the molecule is C#CCNC(=O)c1ccc(S(=C)(=O)Cc2ccc(C)cc2)cc1. The Morgan fingerprint density at radius 1 is 1.17 bits per heavy atom. The fraction of sp³-hybridized carbons (Fsp3) is 0.158. The standard InChI is InChI=1S/C19H19NO2S/c1-4-13-20-19(21)17-9-11-18(12-10-17)23(3,22)14-16-7-5-15(2)6-8-16/h1,5-12H,3,13-14H2,2H3,(H,20,21). The van der Waals surface area contributed by atoms with Gasteiger partial charge in [-0.15, -0.1) is 6.42 Å². The fourth-order valence-electron chi connectivity index (χ4n) is 2.12. The molecule has 0 saturated carbocycles. The predicted octanol–water partition coefficient (Wildman–Crippen LogP) is 2.63. The third-order valence-electron chi connectivity index (χ3n) is 3.42. The zero-order chi connectivity index (χ0) is 16.9. The quantitative estimate of drug-likeness (QED) is 0.678. The molecule has 4 heteroatoms. The molecule has 0 fully saturated rings. The maximum atomic E-state index is 12.9. The van der Waals surface area contributed by atoms with E-state index < -0.39 is 9.52 Å². The van der Waals surface area contributed by atoms with Crippen LogP contribution in [0.2, 0.25) is 0 Å². The predicted molar refractivity (Wildman–Crippen MR) is 96.0 cm³/mol. The summed E-state index contributed by atoms with van der Waals surface area (Å²) in [5, 5.41) is 2.59. The number of nitrogens with one attached hydrogen (secondary N) is 1. The van der Waals surface area contributed by atoms with Gasteiger partial charge in [0.1, 0.15) is 0 Å². The third-order valence-corrected chi connectivity index (χ3v) is 5.35. The first-order valence-corrected chi connectivity index (χ1v) is 9.04. The molecule has 0 aromatic heterocycles. The highest BCUT2D eigenvalue weighted by Gasteiger charge is 2.11. The first-order valence-electron chi connectivity index (χ1n) is 7.14. The number of rotatable bonds is 5. The minimum Gasteiger partial charge on any atom is -0.341 e. The van der Waals surface area contributed by atoms with E-state index in [2.05, 4.69) is 17.1 Å². The monoisotopic (exact) mass is 325 g/mol. The summed E-state index contributed by atoms with van der Waals surface area (Å²) in [7, 11) is -2.45. The van der Waals surface area contributed by atoms with Gasteiger partial charge in [0.25, 0.3) is 5.91 Å². The molecule has 0 radical (unpaired) electrons. The number of aryl methyl sites for hydroxylation is 1. The van der Waals surface area contributed by atoms with Crippen LogP contribution in [0.3, 0.4) is 0 Å². The minimum absolute atomic E-state index is 0.181. The summed E-state index contributed by atoms with van der Waals surface area (Å²) in [4.78, 5) is 12.4. The molecule has 3 nitrogen and oxygen atoms in total. The van der Waals surface area contributed by atoms with Crippen molar-refractivity contribution in [1.82, 2.24) is 5.32 Å². The summed E-state index contributed by atoms with van der Waals surface area (Å²) in [5.41, 5.74) is 2.62. The van der Waals surface area contributed by atoms with E-state index in [1.807, 2.05) is 31.2 Å². The summed E-state index contributed by atoms with van der Waals surface area (Å²) >= 11 is 0. The molecule has 0 aliphatic carbocycles. The number of benzene rings is 2.